The van der Waals surface area contributed by atoms with Crippen LogP contribution in [0.1, 0.15) is 37.4 Å². The van der Waals surface area contributed by atoms with E-state index in [9.17, 15) is 0 Å². The fourth-order valence-corrected chi connectivity index (χ4v) is 2.49. The average Bonchev–Trinajstić information content (AvgIpc) is 2.93. The third-order valence-electron chi connectivity index (χ3n) is 3.51. The van der Waals surface area contributed by atoms with Gasteiger partial charge in [0.1, 0.15) is 12.2 Å². The average molecular weight is 218 g/mol. The topological polar surface area (TPSA) is 21.8 Å². The smallest absolute Gasteiger partial charge is 0.112 e. The van der Waals surface area contributed by atoms with Crippen LogP contribution in [0.3, 0.4) is 0 Å². The molecule has 3 rings (SSSR count). The molecule has 86 valence electrons. The minimum absolute atomic E-state index is 0.280. The van der Waals surface area contributed by atoms with Crippen molar-refractivity contribution in [2.24, 2.45) is 0 Å². The summed E-state index contributed by atoms with van der Waals surface area (Å²) in [6.07, 6.45) is 6.22. The summed E-state index contributed by atoms with van der Waals surface area (Å²) in [4.78, 5) is 0. The summed E-state index contributed by atoms with van der Waals surface area (Å²) in [5.41, 5.74) is 1.28. The largest absolute Gasteiger partial charge is 0.375 e. The highest BCUT2D eigenvalue weighted by Gasteiger charge is 2.40. The third kappa shape index (κ3) is 2.28. The quantitative estimate of drug-likeness (QED) is 0.724. The van der Waals surface area contributed by atoms with Crippen molar-refractivity contribution in [1.82, 2.24) is 0 Å². The van der Waals surface area contributed by atoms with E-state index in [0.29, 0.717) is 12.2 Å². The SMILES string of the molecule is c1ccc(C2OC2COC2CCCC2)cc1. The fraction of sp³-hybridized carbons (Fsp3) is 0.571. The lowest BCUT2D eigenvalue weighted by Crippen LogP contribution is -2.12. The molecule has 0 N–H and O–H groups in total. The molecule has 0 radical (unpaired) electrons. The monoisotopic (exact) mass is 218 g/mol. The molecule has 1 aromatic rings. The number of epoxide rings is 1. The van der Waals surface area contributed by atoms with Crippen LogP contribution in [-0.4, -0.2) is 18.8 Å². The van der Waals surface area contributed by atoms with Crippen LogP contribution in [0.4, 0.5) is 0 Å². The minimum atomic E-state index is 0.280. The maximum Gasteiger partial charge on any atom is 0.112 e. The maximum atomic E-state index is 5.85. The van der Waals surface area contributed by atoms with Crippen LogP contribution in [0.25, 0.3) is 0 Å². The van der Waals surface area contributed by atoms with E-state index in [1.165, 1.54) is 31.2 Å². The first-order chi connectivity index (χ1) is 7.93. The molecule has 1 heterocycles. The Morgan fingerprint density at radius 1 is 1.12 bits per heavy atom. The van der Waals surface area contributed by atoms with Gasteiger partial charge in [0.15, 0.2) is 0 Å². The van der Waals surface area contributed by atoms with Gasteiger partial charge in [-0.25, -0.2) is 0 Å². The number of ether oxygens (including phenoxy) is 2. The highest BCUT2D eigenvalue weighted by molar-refractivity contribution is 5.22. The highest BCUT2D eigenvalue weighted by Crippen LogP contribution is 2.39. The first-order valence-electron chi connectivity index (χ1n) is 6.25. The molecule has 1 aromatic carbocycles. The first-order valence-corrected chi connectivity index (χ1v) is 6.25. The molecule has 1 saturated heterocycles. The Morgan fingerprint density at radius 2 is 1.88 bits per heavy atom. The molecule has 1 saturated carbocycles. The van der Waals surface area contributed by atoms with Crippen molar-refractivity contribution in [3.05, 3.63) is 35.9 Å². The Morgan fingerprint density at radius 3 is 2.62 bits per heavy atom. The Bertz CT molecular complexity index is 330. The van der Waals surface area contributed by atoms with E-state index >= 15 is 0 Å². The standard InChI is InChI=1S/C14H18O2/c1-2-6-11(7-3-1)14-13(16-14)10-15-12-8-4-5-9-12/h1-3,6-7,12-14H,4-5,8-10H2. The molecule has 2 atom stereocenters. The van der Waals surface area contributed by atoms with Crippen molar-refractivity contribution in [3.8, 4) is 0 Å². The second-order valence-electron chi connectivity index (χ2n) is 4.75. The van der Waals surface area contributed by atoms with Gasteiger partial charge in [0.2, 0.25) is 0 Å². The van der Waals surface area contributed by atoms with Crippen molar-refractivity contribution < 1.29 is 9.47 Å². The lowest BCUT2D eigenvalue weighted by atomic mass is 10.1. The van der Waals surface area contributed by atoms with Crippen LogP contribution in [0.15, 0.2) is 30.3 Å². The summed E-state index contributed by atoms with van der Waals surface area (Å²) >= 11 is 0. The second-order valence-corrected chi connectivity index (χ2v) is 4.75. The van der Waals surface area contributed by atoms with Gasteiger partial charge in [-0.15, -0.1) is 0 Å². The molecule has 2 unspecified atom stereocenters. The Hall–Kier alpha value is -0.860. The van der Waals surface area contributed by atoms with E-state index in [4.69, 9.17) is 9.47 Å². The van der Waals surface area contributed by atoms with Crippen LogP contribution in [0.5, 0.6) is 0 Å². The van der Waals surface area contributed by atoms with E-state index in [1.54, 1.807) is 0 Å². The number of hydrogen-bond acceptors (Lipinski definition) is 2. The summed E-state index contributed by atoms with van der Waals surface area (Å²) in [6.45, 7) is 0.768. The van der Waals surface area contributed by atoms with Gasteiger partial charge in [0, 0.05) is 0 Å². The lowest BCUT2D eigenvalue weighted by Gasteiger charge is -2.08. The third-order valence-corrected chi connectivity index (χ3v) is 3.51. The first kappa shape index (κ1) is 10.3. The summed E-state index contributed by atoms with van der Waals surface area (Å²) in [5, 5.41) is 0. The van der Waals surface area contributed by atoms with Gasteiger partial charge in [-0.3, -0.25) is 0 Å². The summed E-state index contributed by atoms with van der Waals surface area (Å²) < 4.78 is 11.5. The lowest BCUT2D eigenvalue weighted by molar-refractivity contribution is 0.0475. The van der Waals surface area contributed by atoms with Crippen molar-refractivity contribution in [1.29, 1.82) is 0 Å². The summed E-state index contributed by atoms with van der Waals surface area (Å²) in [5.74, 6) is 0. The van der Waals surface area contributed by atoms with Gasteiger partial charge in [-0.05, 0) is 18.4 Å². The maximum absolute atomic E-state index is 5.85. The van der Waals surface area contributed by atoms with E-state index in [1.807, 2.05) is 6.07 Å². The molecule has 2 aliphatic rings. The number of hydrogen-bond donors (Lipinski definition) is 0. The summed E-state index contributed by atoms with van der Waals surface area (Å²) in [7, 11) is 0. The second kappa shape index (κ2) is 4.56. The van der Waals surface area contributed by atoms with Gasteiger partial charge >= 0.3 is 0 Å². The zero-order chi connectivity index (χ0) is 10.8. The van der Waals surface area contributed by atoms with Gasteiger partial charge < -0.3 is 9.47 Å². The molecule has 2 heteroatoms. The van der Waals surface area contributed by atoms with Crippen molar-refractivity contribution in [2.75, 3.05) is 6.61 Å². The van der Waals surface area contributed by atoms with E-state index in [0.717, 1.165) is 6.61 Å². The minimum Gasteiger partial charge on any atom is -0.375 e. The molecule has 2 nitrogen and oxygen atoms in total. The molecular weight excluding hydrogens is 200 g/mol. The van der Waals surface area contributed by atoms with Crippen LogP contribution in [0.2, 0.25) is 0 Å². The number of rotatable bonds is 4. The molecule has 0 aromatic heterocycles. The van der Waals surface area contributed by atoms with Crippen LogP contribution >= 0.6 is 0 Å². The molecule has 0 spiro atoms. The van der Waals surface area contributed by atoms with Crippen LogP contribution in [-0.2, 0) is 9.47 Å². The molecule has 1 aliphatic heterocycles. The van der Waals surface area contributed by atoms with Crippen molar-refractivity contribution in [2.45, 2.75) is 44.0 Å². The van der Waals surface area contributed by atoms with Gasteiger partial charge in [-0.2, -0.15) is 0 Å². The fourth-order valence-electron chi connectivity index (χ4n) is 2.49. The molecule has 16 heavy (non-hydrogen) atoms. The molecular formula is C14H18O2. The number of benzene rings is 1. The highest BCUT2D eigenvalue weighted by atomic mass is 16.6. The van der Waals surface area contributed by atoms with Crippen LogP contribution in [0, 0.1) is 0 Å². The van der Waals surface area contributed by atoms with Gasteiger partial charge in [0.25, 0.3) is 0 Å². The zero-order valence-electron chi connectivity index (χ0n) is 9.47. The van der Waals surface area contributed by atoms with E-state index < -0.39 is 0 Å². The predicted octanol–water partition coefficient (Wildman–Crippen LogP) is 3.09. The molecule has 1 aliphatic carbocycles. The Balaban J connectivity index is 1.46. The van der Waals surface area contributed by atoms with E-state index in [-0.39, 0.29) is 6.10 Å². The zero-order valence-corrected chi connectivity index (χ0v) is 9.47. The molecule has 0 amide bonds. The Labute approximate surface area is 96.6 Å². The predicted molar refractivity (Wildman–Crippen MR) is 62.3 cm³/mol. The normalized spacial score (nSPS) is 29.5. The molecule has 2 fully saturated rings. The molecule has 0 bridgehead atoms. The summed E-state index contributed by atoms with van der Waals surface area (Å²) in [6, 6.07) is 10.4. The Kier molecular flexibility index (Phi) is 2.94. The van der Waals surface area contributed by atoms with Gasteiger partial charge in [-0.1, -0.05) is 43.2 Å². The van der Waals surface area contributed by atoms with Crippen LogP contribution < -0.4 is 0 Å². The van der Waals surface area contributed by atoms with Crippen molar-refractivity contribution in [3.63, 3.8) is 0 Å². The van der Waals surface area contributed by atoms with Crippen molar-refractivity contribution >= 4 is 0 Å². The van der Waals surface area contributed by atoms with Gasteiger partial charge in [0.05, 0.1) is 12.7 Å². The van der Waals surface area contributed by atoms with E-state index in [2.05, 4.69) is 24.3 Å².